The van der Waals surface area contributed by atoms with Crippen LogP contribution in [0.15, 0.2) is 18.2 Å². The van der Waals surface area contributed by atoms with Gasteiger partial charge in [-0.05, 0) is 57.0 Å². The molecular weight excluding hydrogens is 286 g/mol. The molecule has 0 aliphatic carbocycles. The van der Waals surface area contributed by atoms with Crippen molar-refractivity contribution in [3.05, 3.63) is 23.2 Å². The van der Waals surface area contributed by atoms with Gasteiger partial charge >= 0.3 is 0 Å². The summed E-state index contributed by atoms with van der Waals surface area (Å²) in [6.07, 6.45) is 3.58. The zero-order valence-corrected chi connectivity index (χ0v) is 13.5. The van der Waals surface area contributed by atoms with Gasteiger partial charge in [0.2, 0.25) is 5.91 Å². The Balaban J connectivity index is 1.95. The number of piperidine rings is 1. The maximum Gasteiger partial charge on any atom is 0.241 e. The van der Waals surface area contributed by atoms with Crippen molar-refractivity contribution >= 4 is 28.9 Å². The Morgan fingerprint density at radius 2 is 2.14 bits per heavy atom. The highest BCUT2D eigenvalue weighted by molar-refractivity contribution is 6.31. The SMILES string of the molecule is CCC1CCN(C(C)C(=O)Nc2cc(Cl)ccc2N)CC1. The van der Waals surface area contributed by atoms with Gasteiger partial charge in [-0.25, -0.2) is 0 Å². The van der Waals surface area contributed by atoms with E-state index in [9.17, 15) is 4.79 Å². The first kappa shape index (κ1) is 16.1. The lowest BCUT2D eigenvalue weighted by atomic mass is 9.93. The monoisotopic (exact) mass is 309 g/mol. The number of benzene rings is 1. The van der Waals surface area contributed by atoms with Crippen LogP contribution in [0, 0.1) is 5.92 Å². The number of carbonyl (C=O) groups excluding carboxylic acids is 1. The minimum absolute atomic E-state index is 0.0288. The van der Waals surface area contributed by atoms with Crippen LogP contribution in [-0.2, 0) is 4.79 Å². The van der Waals surface area contributed by atoms with Crippen molar-refractivity contribution in [3.63, 3.8) is 0 Å². The predicted molar refractivity (Wildman–Crippen MR) is 88.5 cm³/mol. The number of halogens is 1. The van der Waals surface area contributed by atoms with E-state index in [1.165, 1.54) is 19.3 Å². The molecule has 116 valence electrons. The normalized spacial score (nSPS) is 18.4. The fourth-order valence-corrected chi connectivity index (χ4v) is 2.96. The van der Waals surface area contributed by atoms with Crippen molar-refractivity contribution < 1.29 is 4.79 Å². The summed E-state index contributed by atoms with van der Waals surface area (Å²) in [7, 11) is 0. The Labute approximate surface area is 131 Å². The van der Waals surface area contributed by atoms with Crippen molar-refractivity contribution in [2.24, 2.45) is 5.92 Å². The van der Waals surface area contributed by atoms with Gasteiger partial charge in [0, 0.05) is 5.02 Å². The molecule has 1 aromatic carbocycles. The van der Waals surface area contributed by atoms with Crippen molar-refractivity contribution in [3.8, 4) is 0 Å². The topological polar surface area (TPSA) is 58.4 Å². The molecule has 1 unspecified atom stereocenters. The number of hydrogen-bond donors (Lipinski definition) is 2. The van der Waals surface area contributed by atoms with Gasteiger partial charge < -0.3 is 11.1 Å². The minimum Gasteiger partial charge on any atom is -0.397 e. The molecule has 21 heavy (non-hydrogen) atoms. The van der Waals surface area contributed by atoms with Crippen LogP contribution in [0.1, 0.15) is 33.1 Å². The summed E-state index contributed by atoms with van der Waals surface area (Å²) in [5, 5.41) is 3.45. The van der Waals surface area contributed by atoms with Crippen molar-refractivity contribution in [2.75, 3.05) is 24.1 Å². The number of hydrogen-bond acceptors (Lipinski definition) is 3. The second kappa shape index (κ2) is 7.14. The highest BCUT2D eigenvalue weighted by Gasteiger charge is 2.26. The van der Waals surface area contributed by atoms with Crippen LogP contribution in [0.5, 0.6) is 0 Å². The molecule has 0 spiro atoms. The van der Waals surface area contributed by atoms with E-state index >= 15 is 0 Å². The molecule has 1 fully saturated rings. The molecule has 0 radical (unpaired) electrons. The summed E-state index contributed by atoms with van der Waals surface area (Å²) in [5.74, 6) is 0.777. The van der Waals surface area contributed by atoms with Crippen LogP contribution >= 0.6 is 11.6 Å². The number of carbonyl (C=O) groups is 1. The zero-order valence-electron chi connectivity index (χ0n) is 12.7. The summed E-state index contributed by atoms with van der Waals surface area (Å²) in [6.45, 7) is 6.15. The van der Waals surface area contributed by atoms with Gasteiger partial charge in [-0.15, -0.1) is 0 Å². The highest BCUT2D eigenvalue weighted by atomic mass is 35.5. The molecule has 0 aromatic heterocycles. The summed E-state index contributed by atoms with van der Waals surface area (Å²) < 4.78 is 0. The van der Waals surface area contributed by atoms with Crippen LogP contribution in [0.4, 0.5) is 11.4 Å². The Morgan fingerprint density at radius 3 is 2.76 bits per heavy atom. The van der Waals surface area contributed by atoms with Gasteiger partial charge in [0.1, 0.15) is 0 Å². The lowest BCUT2D eigenvalue weighted by Crippen LogP contribution is -2.46. The summed E-state index contributed by atoms with van der Waals surface area (Å²) in [6, 6.07) is 4.95. The third-order valence-corrected chi connectivity index (χ3v) is 4.66. The van der Waals surface area contributed by atoms with Gasteiger partial charge in [0.15, 0.2) is 0 Å². The summed E-state index contributed by atoms with van der Waals surface area (Å²) in [4.78, 5) is 14.6. The van der Waals surface area contributed by atoms with E-state index in [-0.39, 0.29) is 11.9 Å². The molecular formula is C16H24ClN3O. The first-order valence-corrected chi connectivity index (χ1v) is 7.99. The lowest BCUT2D eigenvalue weighted by molar-refractivity contribution is -0.121. The number of rotatable bonds is 4. The van der Waals surface area contributed by atoms with Gasteiger partial charge in [-0.2, -0.15) is 0 Å². The van der Waals surface area contributed by atoms with Crippen molar-refractivity contribution in [1.29, 1.82) is 0 Å². The third kappa shape index (κ3) is 4.11. The Hall–Kier alpha value is -1.26. The summed E-state index contributed by atoms with van der Waals surface area (Å²) >= 11 is 5.94. The van der Waals surface area contributed by atoms with Crippen LogP contribution < -0.4 is 11.1 Å². The Morgan fingerprint density at radius 1 is 1.48 bits per heavy atom. The standard InChI is InChI=1S/C16H24ClN3O/c1-3-12-6-8-20(9-7-12)11(2)16(21)19-15-10-13(17)4-5-14(15)18/h4-5,10-12H,3,6-9,18H2,1-2H3,(H,19,21). The molecule has 2 rings (SSSR count). The number of nitrogen functional groups attached to an aromatic ring is 1. The minimum atomic E-state index is -0.152. The number of nitrogens with zero attached hydrogens (tertiary/aromatic N) is 1. The first-order valence-electron chi connectivity index (χ1n) is 7.61. The van der Waals surface area contributed by atoms with E-state index in [0.29, 0.717) is 16.4 Å². The van der Waals surface area contributed by atoms with E-state index in [4.69, 9.17) is 17.3 Å². The van der Waals surface area contributed by atoms with Gasteiger partial charge in [-0.1, -0.05) is 24.9 Å². The first-order chi connectivity index (χ1) is 10.0. The average Bonchev–Trinajstić information content (AvgIpc) is 2.50. The zero-order chi connectivity index (χ0) is 15.4. The molecule has 4 nitrogen and oxygen atoms in total. The third-order valence-electron chi connectivity index (χ3n) is 4.43. The Kier molecular flexibility index (Phi) is 5.48. The van der Waals surface area contributed by atoms with E-state index in [1.807, 2.05) is 6.92 Å². The van der Waals surface area contributed by atoms with Crippen LogP contribution in [0.3, 0.4) is 0 Å². The molecule has 1 saturated heterocycles. The molecule has 0 saturated carbocycles. The molecule has 1 atom stereocenters. The van der Waals surface area contributed by atoms with Crippen molar-refractivity contribution in [2.45, 2.75) is 39.2 Å². The quantitative estimate of drug-likeness (QED) is 0.838. The maximum absolute atomic E-state index is 12.4. The molecule has 1 aliphatic heterocycles. The molecule has 1 aliphatic rings. The molecule has 0 bridgehead atoms. The number of nitrogens with two attached hydrogens (primary N) is 1. The molecule has 1 amide bonds. The van der Waals surface area contributed by atoms with Gasteiger partial charge in [0.05, 0.1) is 17.4 Å². The fourth-order valence-electron chi connectivity index (χ4n) is 2.79. The van der Waals surface area contributed by atoms with Gasteiger partial charge in [0.25, 0.3) is 0 Å². The van der Waals surface area contributed by atoms with Crippen LogP contribution in [0.2, 0.25) is 5.02 Å². The highest BCUT2D eigenvalue weighted by Crippen LogP contribution is 2.25. The number of amides is 1. The summed E-state index contributed by atoms with van der Waals surface area (Å²) in [5.41, 5.74) is 6.98. The van der Waals surface area contributed by atoms with Crippen LogP contribution in [0.25, 0.3) is 0 Å². The maximum atomic E-state index is 12.4. The lowest BCUT2D eigenvalue weighted by Gasteiger charge is -2.35. The van der Waals surface area contributed by atoms with Crippen molar-refractivity contribution in [1.82, 2.24) is 4.90 Å². The molecule has 5 heteroatoms. The number of anilines is 2. The van der Waals surface area contributed by atoms with Crippen LogP contribution in [-0.4, -0.2) is 29.9 Å². The Bertz CT molecular complexity index is 498. The van der Waals surface area contributed by atoms with Gasteiger partial charge in [-0.3, -0.25) is 9.69 Å². The second-order valence-electron chi connectivity index (χ2n) is 5.78. The molecule has 1 aromatic rings. The smallest absolute Gasteiger partial charge is 0.241 e. The van der Waals surface area contributed by atoms with E-state index in [2.05, 4.69) is 17.1 Å². The van der Waals surface area contributed by atoms with E-state index in [1.54, 1.807) is 18.2 Å². The van der Waals surface area contributed by atoms with E-state index in [0.717, 1.165) is 19.0 Å². The fraction of sp³-hybridized carbons (Fsp3) is 0.562. The van der Waals surface area contributed by atoms with E-state index < -0.39 is 0 Å². The number of nitrogens with one attached hydrogen (secondary N) is 1. The molecule has 3 N–H and O–H groups in total. The predicted octanol–water partition coefficient (Wildman–Crippen LogP) is 3.37. The average molecular weight is 310 g/mol. The largest absolute Gasteiger partial charge is 0.397 e. The second-order valence-corrected chi connectivity index (χ2v) is 6.22. The molecule has 1 heterocycles. The number of likely N-dealkylation sites (tertiary alicyclic amines) is 1.